The van der Waals surface area contributed by atoms with Gasteiger partial charge in [-0.25, -0.2) is 4.98 Å². The van der Waals surface area contributed by atoms with Crippen molar-refractivity contribution in [1.82, 2.24) is 4.98 Å². The van der Waals surface area contributed by atoms with E-state index in [4.69, 9.17) is 10.5 Å². The Hall–Kier alpha value is -1.82. The van der Waals surface area contributed by atoms with E-state index < -0.39 is 0 Å². The molecule has 5 nitrogen and oxygen atoms in total. The molecule has 0 aliphatic heterocycles. The lowest BCUT2D eigenvalue weighted by atomic mass is 10.2. The number of carbonyl (C=O) groups is 1. The number of aromatic nitrogens is 1. The highest BCUT2D eigenvalue weighted by Crippen LogP contribution is 2.37. The van der Waals surface area contributed by atoms with Crippen LogP contribution in [0.1, 0.15) is 6.92 Å². The maximum atomic E-state index is 11.4. The van der Waals surface area contributed by atoms with E-state index in [2.05, 4.69) is 4.98 Å². The Morgan fingerprint density at radius 2 is 2.24 bits per heavy atom. The van der Waals surface area contributed by atoms with Crippen LogP contribution < -0.4 is 15.4 Å². The van der Waals surface area contributed by atoms with Gasteiger partial charge in [-0.2, -0.15) is 0 Å². The van der Waals surface area contributed by atoms with E-state index >= 15 is 0 Å². The molecule has 90 valence electrons. The zero-order chi connectivity index (χ0) is 12.6. The summed E-state index contributed by atoms with van der Waals surface area (Å²) in [5, 5.41) is 0.461. The number of nitrogens with zero attached hydrogens (tertiary/aromatic N) is 2. The summed E-state index contributed by atoms with van der Waals surface area (Å²) in [6.45, 7) is 1.51. The molecule has 1 amide bonds. The second kappa shape index (κ2) is 4.21. The molecule has 0 aliphatic carbocycles. The first-order chi connectivity index (χ1) is 8.04. The number of nitrogen functional groups attached to an aromatic ring is 1. The van der Waals surface area contributed by atoms with Crippen molar-refractivity contribution in [1.29, 1.82) is 0 Å². The molecule has 1 heterocycles. The molecule has 0 fully saturated rings. The lowest BCUT2D eigenvalue weighted by Crippen LogP contribution is -2.22. The molecule has 6 heteroatoms. The lowest BCUT2D eigenvalue weighted by molar-refractivity contribution is -0.116. The summed E-state index contributed by atoms with van der Waals surface area (Å²) in [6, 6.07) is 3.62. The van der Waals surface area contributed by atoms with Crippen LogP contribution in [0, 0.1) is 0 Å². The fourth-order valence-electron chi connectivity index (χ4n) is 1.58. The second-order valence-electron chi connectivity index (χ2n) is 3.59. The number of fused-ring (bicyclic) bond motifs is 1. The highest BCUT2D eigenvalue weighted by Gasteiger charge is 2.16. The van der Waals surface area contributed by atoms with Gasteiger partial charge in [0.05, 0.1) is 17.5 Å². The van der Waals surface area contributed by atoms with Crippen molar-refractivity contribution in [2.45, 2.75) is 6.92 Å². The Balaban J connectivity index is 2.70. The maximum Gasteiger partial charge on any atom is 0.223 e. The van der Waals surface area contributed by atoms with Crippen LogP contribution in [-0.4, -0.2) is 25.0 Å². The van der Waals surface area contributed by atoms with Crippen LogP contribution in [0.2, 0.25) is 0 Å². The fourth-order valence-corrected chi connectivity index (χ4v) is 2.48. The van der Waals surface area contributed by atoms with E-state index in [0.717, 1.165) is 10.4 Å². The summed E-state index contributed by atoms with van der Waals surface area (Å²) < 4.78 is 6.08. The third-order valence-electron chi connectivity index (χ3n) is 2.56. The number of anilines is 2. The van der Waals surface area contributed by atoms with Crippen LogP contribution in [0.4, 0.5) is 10.8 Å². The highest BCUT2D eigenvalue weighted by atomic mass is 32.1. The van der Waals surface area contributed by atoms with Crippen LogP contribution >= 0.6 is 11.3 Å². The van der Waals surface area contributed by atoms with Crippen LogP contribution in [-0.2, 0) is 4.79 Å². The largest absolute Gasteiger partial charge is 0.494 e. The summed E-state index contributed by atoms with van der Waals surface area (Å²) in [4.78, 5) is 17.2. The van der Waals surface area contributed by atoms with Crippen LogP contribution in [0.3, 0.4) is 0 Å². The molecular weight excluding hydrogens is 238 g/mol. The van der Waals surface area contributed by atoms with Crippen molar-refractivity contribution in [3.05, 3.63) is 12.1 Å². The van der Waals surface area contributed by atoms with Crippen molar-refractivity contribution in [2.75, 3.05) is 24.8 Å². The van der Waals surface area contributed by atoms with E-state index in [9.17, 15) is 4.79 Å². The molecule has 0 radical (unpaired) electrons. The molecule has 0 unspecified atom stereocenters. The quantitative estimate of drug-likeness (QED) is 0.884. The van der Waals surface area contributed by atoms with E-state index in [1.807, 2.05) is 6.07 Å². The third kappa shape index (κ3) is 1.91. The van der Waals surface area contributed by atoms with Crippen LogP contribution in [0.15, 0.2) is 12.1 Å². The summed E-state index contributed by atoms with van der Waals surface area (Å²) in [5.74, 6) is 0.622. The number of benzene rings is 1. The Bertz CT molecular complexity index is 579. The molecule has 17 heavy (non-hydrogen) atoms. The number of hydrogen-bond donors (Lipinski definition) is 1. The molecule has 2 rings (SSSR count). The number of nitrogens with two attached hydrogens (primary N) is 1. The average Bonchev–Trinajstić information content (AvgIpc) is 2.67. The molecule has 0 saturated heterocycles. The van der Waals surface area contributed by atoms with Crippen molar-refractivity contribution in [3.63, 3.8) is 0 Å². The van der Waals surface area contributed by atoms with Gasteiger partial charge < -0.3 is 15.4 Å². The molecule has 0 spiro atoms. The van der Waals surface area contributed by atoms with Gasteiger partial charge in [0.15, 0.2) is 5.13 Å². The molecular formula is C11H13N3O2S. The zero-order valence-corrected chi connectivity index (χ0v) is 10.7. The highest BCUT2D eigenvalue weighted by molar-refractivity contribution is 7.22. The molecule has 0 saturated carbocycles. The number of amides is 1. The van der Waals surface area contributed by atoms with E-state index in [0.29, 0.717) is 16.4 Å². The Kier molecular flexibility index (Phi) is 2.89. The van der Waals surface area contributed by atoms with E-state index in [1.54, 1.807) is 25.1 Å². The molecule has 1 aromatic carbocycles. The molecule has 0 atom stereocenters. The van der Waals surface area contributed by atoms with E-state index in [-0.39, 0.29) is 5.91 Å². The minimum absolute atomic E-state index is 0.0385. The fraction of sp³-hybridized carbons (Fsp3) is 0.273. The summed E-state index contributed by atoms with van der Waals surface area (Å²) in [5.41, 5.74) is 7.20. The SMILES string of the molecule is COc1ccc(N(C)C(C)=O)c2sc(N)nc12. The van der Waals surface area contributed by atoms with E-state index in [1.165, 1.54) is 18.3 Å². The molecule has 0 aliphatic rings. The van der Waals surface area contributed by atoms with Crippen molar-refractivity contribution >= 4 is 38.3 Å². The molecule has 0 bridgehead atoms. The van der Waals surface area contributed by atoms with Gasteiger partial charge in [-0.15, -0.1) is 0 Å². The first-order valence-corrected chi connectivity index (χ1v) is 5.83. The standard InChI is InChI=1S/C11H13N3O2S/c1-6(15)14(2)7-4-5-8(16-3)9-10(7)17-11(12)13-9/h4-5H,1-3H3,(H2,12,13). The topological polar surface area (TPSA) is 68.5 Å². The molecule has 1 aromatic heterocycles. The van der Waals surface area contributed by atoms with Gasteiger partial charge in [-0.3, -0.25) is 4.79 Å². The lowest BCUT2D eigenvalue weighted by Gasteiger charge is -2.16. The minimum atomic E-state index is -0.0385. The van der Waals surface area contributed by atoms with Gasteiger partial charge in [-0.05, 0) is 12.1 Å². The first kappa shape index (κ1) is 11.7. The van der Waals surface area contributed by atoms with Crippen LogP contribution in [0.25, 0.3) is 10.2 Å². The van der Waals surface area contributed by atoms with Gasteiger partial charge >= 0.3 is 0 Å². The summed E-state index contributed by atoms with van der Waals surface area (Å²) in [7, 11) is 3.30. The number of ether oxygens (including phenoxy) is 1. The number of thiazole rings is 1. The Morgan fingerprint density at radius 1 is 1.53 bits per heavy atom. The second-order valence-corrected chi connectivity index (χ2v) is 4.63. The van der Waals surface area contributed by atoms with Crippen molar-refractivity contribution < 1.29 is 9.53 Å². The van der Waals surface area contributed by atoms with Gasteiger partial charge in [-0.1, -0.05) is 11.3 Å². The normalized spacial score (nSPS) is 10.5. The Labute approximate surface area is 103 Å². The van der Waals surface area contributed by atoms with Gasteiger partial charge in [0.25, 0.3) is 0 Å². The monoisotopic (exact) mass is 251 g/mol. The predicted molar refractivity (Wildman–Crippen MR) is 69.7 cm³/mol. The van der Waals surface area contributed by atoms with Gasteiger partial charge in [0.2, 0.25) is 5.91 Å². The molecule has 2 aromatic rings. The summed E-state index contributed by atoms with van der Waals surface area (Å²) >= 11 is 1.35. The van der Waals surface area contributed by atoms with Crippen molar-refractivity contribution in [3.8, 4) is 5.75 Å². The number of carbonyl (C=O) groups excluding carboxylic acids is 1. The number of hydrogen-bond acceptors (Lipinski definition) is 5. The zero-order valence-electron chi connectivity index (χ0n) is 9.85. The van der Waals surface area contributed by atoms with Crippen LogP contribution in [0.5, 0.6) is 5.75 Å². The first-order valence-electron chi connectivity index (χ1n) is 5.02. The van der Waals surface area contributed by atoms with Gasteiger partial charge in [0.1, 0.15) is 11.3 Å². The maximum absolute atomic E-state index is 11.4. The number of rotatable bonds is 2. The average molecular weight is 251 g/mol. The third-order valence-corrected chi connectivity index (χ3v) is 3.46. The minimum Gasteiger partial charge on any atom is -0.494 e. The smallest absolute Gasteiger partial charge is 0.223 e. The summed E-state index contributed by atoms with van der Waals surface area (Å²) in [6.07, 6.45) is 0. The predicted octanol–water partition coefficient (Wildman–Crippen LogP) is 1.87. The van der Waals surface area contributed by atoms with Crippen molar-refractivity contribution in [2.24, 2.45) is 0 Å². The number of methoxy groups -OCH3 is 1. The Morgan fingerprint density at radius 3 is 2.82 bits per heavy atom. The van der Waals surface area contributed by atoms with Gasteiger partial charge in [0, 0.05) is 14.0 Å². The molecule has 2 N–H and O–H groups in total.